The largest absolute Gasteiger partial charge is 0.417 e. The molecule has 0 amide bonds. The fraction of sp³-hybridized carbons (Fsp3) is 0.0154. The fourth-order valence-electron chi connectivity index (χ4n) is 11.4. The number of alkyl halides is 3. The van der Waals surface area contributed by atoms with Crippen LogP contribution in [0.4, 0.5) is 47.3 Å². The van der Waals surface area contributed by atoms with Gasteiger partial charge in [-0.1, -0.05) is 158 Å². The Kier molecular flexibility index (Phi) is 10.0. The molecule has 12 aromatic rings. The van der Waals surface area contributed by atoms with Gasteiger partial charge in [0, 0.05) is 67.3 Å². The van der Waals surface area contributed by atoms with Crippen molar-refractivity contribution in [2.45, 2.75) is 6.18 Å². The maximum atomic E-state index is 15.3. The Labute approximate surface area is 425 Å². The van der Waals surface area contributed by atoms with Crippen LogP contribution in [0.25, 0.3) is 72.5 Å². The molecule has 9 heteroatoms. The number of fused-ring (bicyclic) bond motifs is 7. The molecule has 2 aliphatic rings. The Morgan fingerprint density at radius 2 is 0.865 bits per heavy atom. The molecule has 14 rings (SSSR count). The van der Waals surface area contributed by atoms with Crippen molar-refractivity contribution in [3.05, 3.63) is 254 Å². The van der Waals surface area contributed by atoms with Crippen LogP contribution >= 0.6 is 0 Å². The Hall–Kier alpha value is -9.47. The third-order valence-corrected chi connectivity index (χ3v) is 14.6. The van der Waals surface area contributed by atoms with Gasteiger partial charge in [-0.25, -0.2) is 9.97 Å². The van der Waals surface area contributed by atoms with Gasteiger partial charge < -0.3 is 14.4 Å². The lowest BCUT2D eigenvalue weighted by Crippen LogP contribution is -2.61. The highest BCUT2D eigenvalue weighted by atomic mass is 19.4. The summed E-state index contributed by atoms with van der Waals surface area (Å²) in [6.07, 6.45) is -4.69. The number of benzene rings is 10. The Morgan fingerprint density at radius 3 is 1.43 bits per heavy atom. The molecule has 0 bridgehead atoms. The van der Waals surface area contributed by atoms with E-state index in [4.69, 9.17) is 9.97 Å². The first-order valence-electron chi connectivity index (χ1n) is 24.7. The highest BCUT2D eigenvalue weighted by Crippen LogP contribution is 2.47. The summed E-state index contributed by atoms with van der Waals surface area (Å²) in [7, 11) is 0. The molecule has 350 valence electrons. The van der Waals surface area contributed by atoms with Crippen LogP contribution in [-0.2, 0) is 6.18 Å². The molecule has 0 radical (unpaired) electrons. The lowest BCUT2D eigenvalue weighted by Gasteiger charge is -2.44. The molecule has 0 unspecified atom stereocenters. The molecule has 0 atom stereocenters. The Morgan fingerprint density at radius 1 is 0.365 bits per heavy atom. The summed E-state index contributed by atoms with van der Waals surface area (Å²) in [5, 5.41) is 1.94. The molecule has 0 saturated carbocycles. The minimum Gasteiger partial charge on any atom is -0.311 e. The average molecular weight is 960 g/mol. The molecule has 2 aliphatic heterocycles. The van der Waals surface area contributed by atoms with Gasteiger partial charge in [-0.3, -0.25) is 0 Å². The van der Waals surface area contributed by atoms with Gasteiger partial charge in [0.2, 0.25) is 0 Å². The first kappa shape index (κ1) is 43.3. The molecule has 0 saturated heterocycles. The molecule has 0 spiro atoms. The quantitative estimate of drug-likeness (QED) is 0.149. The van der Waals surface area contributed by atoms with Crippen molar-refractivity contribution in [2.75, 3.05) is 9.80 Å². The van der Waals surface area contributed by atoms with E-state index >= 15 is 13.2 Å². The van der Waals surface area contributed by atoms with Crippen molar-refractivity contribution in [1.29, 1.82) is 0 Å². The number of hydrogen-bond acceptors (Lipinski definition) is 4. The number of nitrogens with zero attached hydrogens (tertiary/aromatic N) is 5. The Bertz CT molecular complexity index is 3970. The topological polar surface area (TPSA) is 37.2 Å². The van der Waals surface area contributed by atoms with Crippen LogP contribution in [0.3, 0.4) is 0 Å². The van der Waals surface area contributed by atoms with Crippen molar-refractivity contribution in [3.63, 3.8) is 0 Å². The van der Waals surface area contributed by atoms with Gasteiger partial charge in [0.15, 0.2) is 5.82 Å². The van der Waals surface area contributed by atoms with Crippen LogP contribution in [0.2, 0.25) is 0 Å². The first-order chi connectivity index (χ1) is 36.4. The third kappa shape index (κ3) is 7.03. The monoisotopic (exact) mass is 959 g/mol. The normalized spacial score (nSPS) is 12.7. The van der Waals surface area contributed by atoms with Crippen LogP contribution in [-0.4, -0.2) is 21.2 Å². The molecule has 10 aromatic carbocycles. The SMILES string of the molecule is FC(F)(F)c1ccc(-n2c3ccccc3c3cc(-c4cc5c6c(c4)N(c4ccccc4)c4ccccc4B6c4ccccc4N5c4ccccc4)ccc32)cc1-c1nc(-c2ccccc2)cc(-c2ccccc2)n1. The zero-order valence-electron chi connectivity index (χ0n) is 39.6. The lowest BCUT2D eigenvalue weighted by molar-refractivity contribution is -0.137. The molecule has 0 N–H and O–H groups in total. The smallest absolute Gasteiger partial charge is 0.311 e. The molecule has 5 nitrogen and oxygen atoms in total. The summed E-state index contributed by atoms with van der Waals surface area (Å²) in [5.74, 6) is -0.0135. The maximum absolute atomic E-state index is 15.3. The highest BCUT2D eigenvalue weighted by Gasteiger charge is 2.43. The zero-order valence-corrected chi connectivity index (χ0v) is 39.6. The summed E-state index contributed by atoms with van der Waals surface area (Å²) < 4.78 is 47.9. The minimum atomic E-state index is -4.69. The van der Waals surface area contributed by atoms with E-state index in [0.29, 0.717) is 17.1 Å². The van der Waals surface area contributed by atoms with Gasteiger partial charge in [0.25, 0.3) is 6.71 Å². The molecule has 2 aromatic heterocycles. The van der Waals surface area contributed by atoms with Crippen LogP contribution < -0.4 is 26.2 Å². The van der Waals surface area contributed by atoms with Crippen molar-refractivity contribution < 1.29 is 13.2 Å². The summed E-state index contributed by atoms with van der Waals surface area (Å²) in [6, 6.07) is 83.1. The van der Waals surface area contributed by atoms with Gasteiger partial charge in [-0.05, 0) is 119 Å². The maximum Gasteiger partial charge on any atom is 0.417 e. The van der Waals surface area contributed by atoms with Crippen molar-refractivity contribution >= 4 is 79.0 Å². The van der Waals surface area contributed by atoms with E-state index in [1.165, 1.54) is 22.5 Å². The average Bonchev–Trinajstić information content (AvgIpc) is 3.80. The number of aromatic nitrogens is 3. The molecule has 74 heavy (non-hydrogen) atoms. The van der Waals surface area contributed by atoms with E-state index in [1.807, 2.05) is 84.9 Å². The third-order valence-electron chi connectivity index (χ3n) is 14.6. The number of halogens is 3. The second-order valence-corrected chi connectivity index (χ2v) is 18.8. The van der Waals surface area contributed by atoms with Gasteiger partial charge in [-0.15, -0.1) is 0 Å². The first-order valence-corrected chi connectivity index (χ1v) is 24.7. The molecule has 4 heterocycles. The molecule has 0 aliphatic carbocycles. The number of hydrogen-bond donors (Lipinski definition) is 0. The van der Waals surface area contributed by atoms with E-state index in [-0.39, 0.29) is 18.1 Å². The Balaban J connectivity index is 0.981. The standard InChI is InChI=1S/C65H41BF3N5/c67-65(68,69)52-35-34-48(40-51(52)64-70-55(42-19-5-1-6-20-42)41-56(71-64)43-21-7-2-8-22-43)74-57-30-16-13-27-49(57)50-37-44(33-36-58(50)74)45-38-61-63-62(39-45)73(47-25-11-4-12-26-47)60-32-18-15-29-54(60)66(63)53-28-14-17-31-59(53)72(61)46-23-9-3-10-24-46/h1-41H. The number of anilines is 6. The van der Waals surface area contributed by atoms with Gasteiger partial charge in [0.05, 0.1) is 28.0 Å². The predicted octanol–water partition coefficient (Wildman–Crippen LogP) is 15.3. The van der Waals surface area contributed by atoms with Crippen molar-refractivity contribution in [1.82, 2.24) is 14.5 Å². The summed E-state index contributed by atoms with van der Waals surface area (Å²) in [5.41, 5.74) is 16.2. The predicted molar refractivity (Wildman–Crippen MR) is 297 cm³/mol. The van der Waals surface area contributed by atoms with E-state index < -0.39 is 11.7 Å². The molecular formula is C65H41BF3N5. The van der Waals surface area contributed by atoms with Crippen LogP contribution in [0.15, 0.2) is 249 Å². The van der Waals surface area contributed by atoms with E-state index in [9.17, 15) is 0 Å². The van der Waals surface area contributed by atoms with Crippen LogP contribution in [0.1, 0.15) is 5.56 Å². The second-order valence-electron chi connectivity index (χ2n) is 18.8. The number of rotatable bonds is 7. The van der Waals surface area contributed by atoms with Crippen LogP contribution in [0.5, 0.6) is 0 Å². The molecule has 0 fully saturated rings. The van der Waals surface area contributed by atoms with Gasteiger partial charge in [0.1, 0.15) is 0 Å². The second kappa shape index (κ2) is 17.1. The summed E-state index contributed by atoms with van der Waals surface area (Å²) in [6.45, 7) is -0.0217. The summed E-state index contributed by atoms with van der Waals surface area (Å²) in [4.78, 5) is 14.5. The van der Waals surface area contributed by atoms with Crippen molar-refractivity contribution in [3.8, 4) is 50.7 Å². The summed E-state index contributed by atoms with van der Waals surface area (Å²) >= 11 is 0. The number of para-hydroxylation sites is 5. The van der Waals surface area contributed by atoms with Crippen molar-refractivity contribution in [2.24, 2.45) is 0 Å². The van der Waals surface area contributed by atoms with Gasteiger partial charge in [-0.2, -0.15) is 13.2 Å². The van der Waals surface area contributed by atoms with E-state index in [0.717, 1.165) is 78.2 Å². The van der Waals surface area contributed by atoms with Gasteiger partial charge >= 0.3 is 6.18 Å². The van der Waals surface area contributed by atoms with Crippen LogP contribution in [0, 0.1) is 0 Å². The van der Waals surface area contributed by atoms with E-state index in [1.54, 1.807) is 12.1 Å². The highest BCUT2D eigenvalue weighted by molar-refractivity contribution is 7.00. The molecular weight excluding hydrogens is 919 g/mol. The minimum absolute atomic E-state index is 0.0135. The lowest BCUT2D eigenvalue weighted by atomic mass is 9.33. The van der Waals surface area contributed by atoms with E-state index in [2.05, 4.69) is 160 Å². The fourth-order valence-corrected chi connectivity index (χ4v) is 11.4. The zero-order chi connectivity index (χ0) is 49.5.